The van der Waals surface area contributed by atoms with Crippen LogP contribution in [0.4, 0.5) is 4.39 Å². The van der Waals surface area contributed by atoms with Gasteiger partial charge in [-0.3, -0.25) is 4.79 Å². The molecular weight excluding hydrogens is 275 g/mol. The smallest absolute Gasteiger partial charge is 0.298 e. The van der Waals surface area contributed by atoms with Crippen molar-refractivity contribution < 1.29 is 19.0 Å². The van der Waals surface area contributed by atoms with Crippen molar-refractivity contribution in [3.63, 3.8) is 0 Å². The molecule has 0 unspecified atom stereocenters. The molecule has 0 fully saturated rings. The molecule has 2 aromatic carbocycles. The van der Waals surface area contributed by atoms with Crippen LogP contribution in [-0.4, -0.2) is 24.0 Å². The summed E-state index contributed by atoms with van der Waals surface area (Å²) in [5.74, 6) is -0.688. The number of aromatic hydroxyl groups is 1. The number of nitrogens with zero attached hydrogens (tertiary/aromatic N) is 2. The predicted octanol–water partition coefficient (Wildman–Crippen LogP) is 2.52. The molecule has 0 aliphatic rings. The summed E-state index contributed by atoms with van der Waals surface area (Å²) in [4.78, 5) is 10.1. The molecule has 0 saturated heterocycles. The summed E-state index contributed by atoms with van der Waals surface area (Å²) in [6, 6.07) is 10.6. The minimum atomic E-state index is -0.714. The van der Waals surface area contributed by atoms with Gasteiger partial charge in [-0.25, -0.2) is 4.39 Å². The van der Waals surface area contributed by atoms with Gasteiger partial charge in [-0.05, 0) is 53.6 Å². The minimum absolute atomic E-state index is 0.351. The minimum Gasteiger partial charge on any atom is -0.505 e. The molecule has 21 heavy (non-hydrogen) atoms. The number of ether oxygens (including phenoxy) is 1. The molecule has 6 heteroatoms. The van der Waals surface area contributed by atoms with Crippen LogP contribution in [0.3, 0.4) is 0 Å². The van der Waals surface area contributed by atoms with Gasteiger partial charge in [0.05, 0.1) is 12.4 Å². The number of phenols is 1. The Hall–Kier alpha value is -3.02. The van der Waals surface area contributed by atoms with Crippen molar-refractivity contribution in [1.29, 1.82) is 0 Å². The molecule has 0 saturated carbocycles. The molecule has 106 valence electrons. The monoisotopic (exact) mass is 286 g/mol. The van der Waals surface area contributed by atoms with Crippen LogP contribution in [0.2, 0.25) is 0 Å². The van der Waals surface area contributed by atoms with Crippen LogP contribution in [0.1, 0.15) is 11.1 Å². The number of hydrogen-bond acceptors (Lipinski definition) is 5. The Kier molecular flexibility index (Phi) is 4.76. The van der Waals surface area contributed by atoms with Crippen molar-refractivity contribution in [3.8, 4) is 11.5 Å². The lowest BCUT2D eigenvalue weighted by molar-refractivity contribution is -0.120. The van der Waals surface area contributed by atoms with E-state index in [9.17, 15) is 9.18 Å². The van der Waals surface area contributed by atoms with Crippen LogP contribution in [-0.2, 0) is 4.79 Å². The highest BCUT2D eigenvalue weighted by atomic mass is 19.1. The van der Waals surface area contributed by atoms with Crippen LogP contribution >= 0.6 is 0 Å². The maximum Gasteiger partial charge on any atom is 0.298 e. The second kappa shape index (κ2) is 6.95. The lowest BCUT2D eigenvalue weighted by Gasteiger charge is -1.97. The molecule has 0 amide bonds. The Morgan fingerprint density at radius 2 is 1.62 bits per heavy atom. The second-order valence-electron chi connectivity index (χ2n) is 3.98. The first-order valence-corrected chi connectivity index (χ1v) is 5.94. The molecule has 0 heterocycles. The third-order valence-corrected chi connectivity index (χ3v) is 2.52. The van der Waals surface area contributed by atoms with Gasteiger partial charge in [0, 0.05) is 0 Å². The van der Waals surface area contributed by atoms with E-state index in [-0.39, 0.29) is 0 Å². The summed E-state index contributed by atoms with van der Waals surface area (Å²) in [6.45, 7) is 0.351. The van der Waals surface area contributed by atoms with E-state index in [1.807, 2.05) is 0 Å². The Morgan fingerprint density at radius 1 is 1.00 bits per heavy atom. The molecule has 0 atom stereocenters. The highest BCUT2D eigenvalue weighted by Crippen LogP contribution is 2.15. The predicted molar refractivity (Wildman–Crippen MR) is 76.4 cm³/mol. The Balaban J connectivity index is 1.99. The molecule has 0 aliphatic heterocycles. The average molecular weight is 286 g/mol. The normalized spacial score (nSPS) is 11.1. The number of benzene rings is 2. The molecule has 5 nitrogen and oxygen atoms in total. The molecule has 0 bridgehead atoms. The molecule has 0 spiro atoms. The second-order valence-corrected chi connectivity index (χ2v) is 3.98. The van der Waals surface area contributed by atoms with Crippen molar-refractivity contribution in [3.05, 3.63) is 59.4 Å². The fourth-order valence-corrected chi connectivity index (χ4v) is 1.49. The van der Waals surface area contributed by atoms with Crippen molar-refractivity contribution in [2.75, 3.05) is 0 Å². The van der Waals surface area contributed by atoms with Gasteiger partial charge in [-0.15, -0.1) is 0 Å². The summed E-state index contributed by atoms with van der Waals surface area (Å²) in [5, 5.41) is 16.6. The first-order chi connectivity index (χ1) is 10.2. The van der Waals surface area contributed by atoms with Crippen molar-refractivity contribution in [1.82, 2.24) is 0 Å². The maximum absolute atomic E-state index is 13.1. The van der Waals surface area contributed by atoms with Crippen LogP contribution in [0.15, 0.2) is 52.7 Å². The van der Waals surface area contributed by atoms with Gasteiger partial charge in [0.25, 0.3) is 6.47 Å². The summed E-state index contributed by atoms with van der Waals surface area (Å²) in [5.41, 5.74) is 1.25. The zero-order valence-corrected chi connectivity index (χ0v) is 10.8. The van der Waals surface area contributed by atoms with Crippen molar-refractivity contribution >= 4 is 18.9 Å². The third kappa shape index (κ3) is 4.24. The van der Waals surface area contributed by atoms with E-state index < -0.39 is 11.6 Å². The summed E-state index contributed by atoms with van der Waals surface area (Å²) in [6.07, 6.45) is 2.86. The Labute approximate surface area is 120 Å². The zero-order valence-electron chi connectivity index (χ0n) is 10.8. The lowest BCUT2D eigenvalue weighted by Crippen LogP contribution is -1.88. The van der Waals surface area contributed by atoms with Gasteiger partial charge in [0.2, 0.25) is 0 Å². The number of phenolic OH excluding ortho intramolecular Hbond substituents is 1. The summed E-state index contributed by atoms with van der Waals surface area (Å²) >= 11 is 0. The largest absolute Gasteiger partial charge is 0.505 e. The van der Waals surface area contributed by atoms with E-state index in [0.29, 0.717) is 17.8 Å². The first-order valence-electron chi connectivity index (χ1n) is 5.94. The molecule has 1 N–H and O–H groups in total. The van der Waals surface area contributed by atoms with Crippen LogP contribution in [0.25, 0.3) is 0 Å². The molecule has 0 aromatic heterocycles. The SMILES string of the molecule is O=COc1ccc(C=NN=Cc2ccc(O)c(F)c2)cc1. The molecule has 0 aliphatic carbocycles. The van der Waals surface area contributed by atoms with E-state index >= 15 is 0 Å². The third-order valence-electron chi connectivity index (χ3n) is 2.52. The fraction of sp³-hybridized carbons (Fsp3) is 0. The van der Waals surface area contributed by atoms with Crippen molar-refractivity contribution in [2.24, 2.45) is 10.2 Å². The molecule has 2 rings (SSSR count). The topological polar surface area (TPSA) is 71.2 Å². The standard InChI is InChI=1S/C15H11FN2O3/c16-14-7-12(3-6-15(14)20)9-18-17-8-11-1-4-13(5-2-11)21-10-19/h1-10,20H. The number of halogens is 1. The van der Waals surface area contributed by atoms with Crippen LogP contribution < -0.4 is 4.74 Å². The fourth-order valence-electron chi connectivity index (χ4n) is 1.49. The van der Waals surface area contributed by atoms with Crippen LogP contribution in [0.5, 0.6) is 11.5 Å². The van der Waals surface area contributed by atoms with Gasteiger partial charge in [-0.2, -0.15) is 10.2 Å². The average Bonchev–Trinajstić information content (AvgIpc) is 2.49. The van der Waals surface area contributed by atoms with E-state index in [2.05, 4.69) is 14.9 Å². The van der Waals surface area contributed by atoms with Gasteiger partial charge in [0.1, 0.15) is 5.75 Å². The zero-order chi connectivity index (χ0) is 15.1. The van der Waals surface area contributed by atoms with E-state index in [1.54, 1.807) is 24.3 Å². The quantitative estimate of drug-likeness (QED) is 0.521. The van der Waals surface area contributed by atoms with Crippen LogP contribution in [0, 0.1) is 5.82 Å². The number of rotatable bonds is 5. The molecule has 2 aromatic rings. The lowest BCUT2D eigenvalue weighted by atomic mass is 10.2. The Morgan fingerprint density at radius 3 is 2.24 bits per heavy atom. The van der Waals surface area contributed by atoms with Gasteiger partial charge in [-0.1, -0.05) is 0 Å². The maximum atomic E-state index is 13.1. The van der Waals surface area contributed by atoms with Gasteiger partial charge < -0.3 is 9.84 Å². The first kappa shape index (κ1) is 14.4. The van der Waals surface area contributed by atoms with Gasteiger partial charge in [0.15, 0.2) is 11.6 Å². The number of hydrogen-bond donors (Lipinski definition) is 1. The van der Waals surface area contributed by atoms with Gasteiger partial charge >= 0.3 is 0 Å². The number of carbonyl (C=O) groups is 1. The number of carbonyl (C=O) groups excluding carboxylic acids is 1. The highest BCUT2D eigenvalue weighted by Gasteiger charge is 1.98. The molecule has 0 radical (unpaired) electrons. The van der Waals surface area contributed by atoms with E-state index in [0.717, 1.165) is 11.6 Å². The highest BCUT2D eigenvalue weighted by molar-refractivity contribution is 5.82. The molecular formula is C15H11FN2O3. The van der Waals surface area contributed by atoms with Crippen molar-refractivity contribution in [2.45, 2.75) is 0 Å². The summed E-state index contributed by atoms with van der Waals surface area (Å²) < 4.78 is 17.7. The van der Waals surface area contributed by atoms with E-state index in [4.69, 9.17) is 5.11 Å². The Bertz CT molecular complexity index is 682. The summed E-state index contributed by atoms with van der Waals surface area (Å²) in [7, 11) is 0. The van der Waals surface area contributed by atoms with E-state index in [1.165, 1.54) is 24.6 Å².